The molecule has 1 aliphatic rings. The van der Waals surface area contributed by atoms with Crippen LogP contribution in [0.15, 0.2) is 24.3 Å². The predicted molar refractivity (Wildman–Crippen MR) is 74.7 cm³/mol. The van der Waals surface area contributed by atoms with Crippen LogP contribution in [0.2, 0.25) is 5.02 Å². The van der Waals surface area contributed by atoms with E-state index in [0.717, 1.165) is 5.02 Å². The Morgan fingerprint density at radius 1 is 1.24 bits per heavy atom. The van der Waals surface area contributed by atoms with Crippen LogP contribution in [0.4, 0.5) is 0 Å². The summed E-state index contributed by atoms with van der Waals surface area (Å²) >= 11 is 6.02. The molecule has 2 heteroatoms. The van der Waals surface area contributed by atoms with Crippen molar-refractivity contribution >= 4 is 11.6 Å². The van der Waals surface area contributed by atoms with Gasteiger partial charge >= 0.3 is 0 Å². The SMILES string of the molecule is CC(C)C(C)NC1CC(c2cccc(Cl)c2)C1. The molecule has 2 rings (SSSR count). The lowest BCUT2D eigenvalue weighted by molar-refractivity contribution is 0.248. The highest BCUT2D eigenvalue weighted by atomic mass is 35.5. The molecule has 0 heterocycles. The molecule has 0 spiro atoms. The average Bonchev–Trinajstić information content (AvgIpc) is 2.22. The molecule has 1 unspecified atom stereocenters. The Balaban J connectivity index is 1.83. The van der Waals surface area contributed by atoms with E-state index in [0.29, 0.717) is 23.9 Å². The molecule has 1 saturated carbocycles. The van der Waals surface area contributed by atoms with E-state index in [1.165, 1.54) is 18.4 Å². The molecule has 17 heavy (non-hydrogen) atoms. The van der Waals surface area contributed by atoms with Crippen LogP contribution in [0.5, 0.6) is 0 Å². The first-order valence-corrected chi connectivity index (χ1v) is 6.95. The average molecular weight is 252 g/mol. The minimum atomic E-state index is 0.611. The number of hydrogen-bond acceptors (Lipinski definition) is 1. The standard InChI is InChI=1S/C15H22ClN/c1-10(2)11(3)17-15-8-13(9-15)12-5-4-6-14(16)7-12/h4-7,10-11,13,15,17H,8-9H2,1-3H3. The summed E-state index contributed by atoms with van der Waals surface area (Å²) in [4.78, 5) is 0. The van der Waals surface area contributed by atoms with Gasteiger partial charge in [-0.05, 0) is 49.3 Å². The second-order valence-corrected chi connectivity index (χ2v) is 6.06. The fraction of sp³-hybridized carbons (Fsp3) is 0.600. The van der Waals surface area contributed by atoms with Gasteiger partial charge in [-0.2, -0.15) is 0 Å². The molecule has 1 aliphatic carbocycles. The number of benzene rings is 1. The smallest absolute Gasteiger partial charge is 0.0408 e. The summed E-state index contributed by atoms with van der Waals surface area (Å²) in [5.74, 6) is 1.41. The summed E-state index contributed by atoms with van der Waals surface area (Å²) in [6.07, 6.45) is 2.49. The minimum Gasteiger partial charge on any atom is -0.311 e. The molecule has 0 aromatic heterocycles. The lowest BCUT2D eigenvalue weighted by Gasteiger charge is -2.39. The summed E-state index contributed by atoms with van der Waals surface area (Å²) in [5.41, 5.74) is 1.40. The van der Waals surface area contributed by atoms with Crippen LogP contribution in [0.3, 0.4) is 0 Å². The van der Waals surface area contributed by atoms with Gasteiger partial charge in [-0.15, -0.1) is 0 Å². The van der Waals surface area contributed by atoms with Crippen molar-refractivity contribution < 1.29 is 0 Å². The largest absolute Gasteiger partial charge is 0.311 e. The summed E-state index contributed by atoms with van der Waals surface area (Å²) in [5, 5.41) is 4.55. The molecule has 1 atom stereocenters. The van der Waals surface area contributed by atoms with E-state index < -0.39 is 0 Å². The van der Waals surface area contributed by atoms with Gasteiger partial charge in [-0.25, -0.2) is 0 Å². The molecular weight excluding hydrogens is 230 g/mol. The number of nitrogens with one attached hydrogen (secondary N) is 1. The van der Waals surface area contributed by atoms with Crippen molar-refractivity contribution in [3.05, 3.63) is 34.9 Å². The Hall–Kier alpha value is -0.530. The van der Waals surface area contributed by atoms with Crippen molar-refractivity contribution in [3.63, 3.8) is 0 Å². The molecule has 1 N–H and O–H groups in total. The second-order valence-electron chi connectivity index (χ2n) is 5.62. The highest BCUT2D eigenvalue weighted by Crippen LogP contribution is 2.37. The quantitative estimate of drug-likeness (QED) is 0.845. The van der Waals surface area contributed by atoms with Gasteiger partial charge in [-0.3, -0.25) is 0 Å². The zero-order chi connectivity index (χ0) is 12.4. The van der Waals surface area contributed by atoms with Gasteiger partial charge in [0.2, 0.25) is 0 Å². The molecule has 0 bridgehead atoms. The van der Waals surface area contributed by atoms with Crippen molar-refractivity contribution in [2.45, 2.75) is 51.6 Å². The van der Waals surface area contributed by atoms with Crippen molar-refractivity contribution in [2.75, 3.05) is 0 Å². The molecule has 1 aromatic rings. The van der Waals surface area contributed by atoms with Gasteiger partial charge in [-0.1, -0.05) is 37.6 Å². The van der Waals surface area contributed by atoms with Crippen LogP contribution in [0.25, 0.3) is 0 Å². The van der Waals surface area contributed by atoms with Crippen LogP contribution in [-0.4, -0.2) is 12.1 Å². The maximum atomic E-state index is 6.02. The van der Waals surface area contributed by atoms with Crippen LogP contribution in [0.1, 0.15) is 45.1 Å². The minimum absolute atomic E-state index is 0.611. The van der Waals surface area contributed by atoms with Gasteiger partial charge in [0.1, 0.15) is 0 Å². The van der Waals surface area contributed by atoms with E-state index in [4.69, 9.17) is 11.6 Å². The van der Waals surface area contributed by atoms with E-state index in [-0.39, 0.29) is 0 Å². The lowest BCUT2D eigenvalue weighted by atomic mass is 9.75. The van der Waals surface area contributed by atoms with E-state index in [9.17, 15) is 0 Å². The first-order valence-electron chi connectivity index (χ1n) is 6.57. The number of halogens is 1. The third-order valence-corrected chi connectivity index (χ3v) is 4.19. The van der Waals surface area contributed by atoms with E-state index in [1.807, 2.05) is 6.07 Å². The molecular formula is C15H22ClN. The van der Waals surface area contributed by atoms with Crippen LogP contribution >= 0.6 is 11.6 Å². The topological polar surface area (TPSA) is 12.0 Å². The predicted octanol–water partition coefficient (Wildman–Crippen LogP) is 4.22. The van der Waals surface area contributed by atoms with Crippen molar-refractivity contribution in [3.8, 4) is 0 Å². The Kier molecular flexibility index (Phi) is 4.11. The third kappa shape index (κ3) is 3.23. The van der Waals surface area contributed by atoms with Gasteiger partial charge in [0, 0.05) is 17.1 Å². The Bertz CT molecular complexity index is 369. The van der Waals surface area contributed by atoms with Gasteiger partial charge in [0.15, 0.2) is 0 Å². The zero-order valence-corrected chi connectivity index (χ0v) is 11.7. The van der Waals surface area contributed by atoms with Gasteiger partial charge < -0.3 is 5.32 Å². The Morgan fingerprint density at radius 3 is 2.53 bits per heavy atom. The molecule has 1 fully saturated rings. The number of rotatable bonds is 4. The fourth-order valence-corrected chi connectivity index (χ4v) is 2.55. The fourth-order valence-electron chi connectivity index (χ4n) is 2.35. The Morgan fingerprint density at radius 2 is 1.94 bits per heavy atom. The first kappa shape index (κ1) is 12.9. The van der Waals surface area contributed by atoms with Crippen molar-refractivity contribution in [1.29, 1.82) is 0 Å². The highest BCUT2D eigenvalue weighted by molar-refractivity contribution is 6.30. The number of hydrogen-bond donors (Lipinski definition) is 1. The van der Waals surface area contributed by atoms with E-state index >= 15 is 0 Å². The first-order chi connectivity index (χ1) is 8.06. The van der Waals surface area contributed by atoms with Crippen molar-refractivity contribution in [2.24, 2.45) is 5.92 Å². The zero-order valence-electron chi connectivity index (χ0n) is 10.9. The molecule has 94 valence electrons. The maximum Gasteiger partial charge on any atom is 0.0408 e. The Labute approximate surface area is 110 Å². The second kappa shape index (κ2) is 5.41. The molecule has 0 amide bonds. The molecule has 0 radical (unpaired) electrons. The highest BCUT2D eigenvalue weighted by Gasteiger charge is 2.31. The molecule has 1 aromatic carbocycles. The monoisotopic (exact) mass is 251 g/mol. The summed E-state index contributed by atoms with van der Waals surface area (Å²) in [6.45, 7) is 6.81. The van der Waals surface area contributed by atoms with Gasteiger partial charge in [0.25, 0.3) is 0 Å². The van der Waals surface area contributed by atoms with E-state index in [1.54, 1.807) is 0 Å². The summed E-state index contributed by atoms with van der Waals surface area (Å²) in [7, 11) is 0. The lowest BCUT2D eigenvalue weighted by Crippen LogP contribution is -2.46. The third-order valence-electron chi connectivity index (χ3n) is 3.96. The van der Waals surface area contributed by atoms with Crippen LogP contribution < -0.4 is 5.32 Å². The summed E-state index contributed by atoms with van der Waals surface area (Å²) in [6, 6.07) is 9.60. The van der Waals surface area contributed by atoms with Gasteiger partial charge in [0.05, 0.1) is 0 Å². The van der Waals surface area contributed by atoms with Crippen molar-refractivity contribution in [1.82, 2.24) is 5.32 Å². The molecule has 0 aliphatic heterocycles. The summed E-state index contributed by atoms with van der Waals surface area (Å²) < 4.78 is 0. The maximum absolute atomic E-state index is 6.02. The normalized spacial score (nSPS) is 25.7. The van der Waals surface area contributed by atoms with Crippen LogP contribution in [-0.2, 0) is 0 Å². The molecule has 0 saturated heterocycles. The molecule has 1 nitrogen and oxygen atoms in total. The van der Waals surface area contributed by atoms with E-state index in [2.05, 4.69) is 44.3 Å². The van der Waals surface area contributed by atoms with Crippen LogP contribution in [0, 0.1) is 5.92 Å².